The van der Waals surface area contributed by atoms with Crippen LogP contribution < -0.4 is 0 Å². The summed E-state index contributed by atoms with van der Waals surface area (Å²) in [5.41, 5.74) is 4.13. The van der Waals surface area contributed by atoms with Gasteiger partial charge in [0.05, 0.1) is 30.4 Å². The zero-order chi connectivity index (χ0) is 19.0. The van der Waals surface area contributed by atoms with Crippen LogP contribution in [0, 0.1) is 0 Å². The summed E-state index contributed by atoms with van der Waals surface area (Å²) in [5, 5.41) is 25.7. The predicted octanol–water partition coefficient (Wildman–Crippen LogP) is 3.39. The van der Waals surface area contributed by atoms with Crippen LogP contribution in [-0.4, -0.2) is 38.8 Å². The van der Waals surface area contributed by atoms with Gasteiger partial charge in [-0.2, -0.15) is 5.10 Å². The van der Waals surface area contributed by atoms with Gasteiger partial charge in [-0.1, -0.05) is 29.8 Å². The van der Waals surface area contributed by atoms with Gasteiger partial charge >= 0.3 is 0 Å². The average Bonchev–Trinajstić information content (AvgIpc) is 3.02. The van der Waals surface area contributed by atoms with Crippen molar-refractivity contribution in [3.63, 3.8) is 0 Å². The maximum absolute atomic E-state index is 10.1. The Balaban J connectivity index is 1.59. The number of nitrogens with zero attached hydrogens (tertiary/aromatic N) is 2. The largest absolute Gasteiger partial charge is 0.394 e. The van der Waals surface area contributed by atoms with Crippen LogP contribution in [0.25, 0.3) is 10.9 Å². The molecule has 2 aromatic carbocycles. The highest BCUT2D eigenvalue weighted by atomic mass is 35.5. The normalized spacial score (nSPS) is 23.0. The Morgan fingerprint density at radius 1 is 1.22 bits per heavy atom. The molecule has 0 amide bonds. The molecule has 1 aromatic heterocycles. The van der Waals surface area contributed by atoms with Gasteiger partial charge in [0, 0.05) is 36.5 Å². The maximum Gasteiger partial charge on any atom is 0.0923 e. The number of benzene rings is 2. The van der Waals surface area contributed by atoms with Crippen LogP contribution in [0.2, 0.25) is 5.02 Å². The molecular weight excluding hydrogens is 364 g/mol. The lowest BCUT2D eigenvalue weighted by Gasteiger charge is -2.32. The molecule has 3 aromatic rings. The van der Waals surface area contributed by atoms with Crippen LogP contribution in [0.15, 0.2) is 42.6 Å². The van der Waals surface area contributed by atoms with Crippen LogP contribution in [0.3, 0.4) is 0 Å². The molecule has 5 nitrogen and oxygen atoms in total. The Morgan fingerprint density at radius 3 is 2.89 bits per heavy atom. The number of halogens is 1. The molecule has 0 aliphatic carbocycles. The lowest BCUT2D eigenvalue weighted by Crippen LogP contribution is -2.33. The molecule has 1 saturated heterocycles. The second kappa shape index (κ2) is 7.60. The van der Waals surface area contributed by atoms with E-state index in [1.54, 1.807) is 0 Å². The van der Waals surface area contributed by atoms with E-state index in [0.717, 1.165) is 27.6 Å². The maximum atomic E-state index is 10.1. The van der Waals surface area contributed by atoms with Gasteiger partial charge in [0.15, 0.2) is 0 Å². The zero-order valence-electron chi connectivity index (χ0n) is 15.2. The zero-order valence-corrected chi connectivity index (χ0v) is 15.9. The minimum Gasteiger partial charge on any atom is -0.394 e. The fourth-order valence-corrected chi connectivity index (χ4v) is 3.97. The van der Waals surface area contributed by atoms with Gasteiger partial charge in [0.1, 0.15) is 0 Å². The Kier molecular flexibility index (Phi) is 5.19. The Labute approximate surface area is 163 Å². The summed E-state index contributed by atoms with van der Waals surface area (Å²) >= 11 is 6.45. The number of fused-ring (bicyclic) bond motifs is 1. The van der Waals surface area contributed by atoms with E-state index in [4.69, 9.17) is 16.3 Å². The standard InChI is InChI=1S/C21H23ClN2O3/c1-24-11-16-7-13(2-5-20(16)23-24)6-15-8-14(3-4-19(15)22)21-10-17(26)9-18(12-25)27-21/h2-5,7-8,11,17-18,21,25-26H,6,9-10,12H2,1H3. The monoisotopic (exact) mass is 386 g/mol. The van der Waals surface area contributed by atoms with Crippen molar-refractivity contribution in [1.82, 2.24) is 9.78 Å². The van der Waals surface area contributed by atoms with E-state index in [1.807, 2.05) is 42.2 Å². The summed E-state index contributed by atoms with van der Waals surface area (Å²) < 4.78 is 7.74. The molecule has 0 saturated carbocycles. The first-order valence-corrected chi connectivity index (χ1v) is 9.54. The lowest BCUT2D eigenvalue weighted by atomic mass is 9.94. The SMILES string of the molecule is Cn1cc2cc(Cc3cc(C4CC(O)CC(CO)O4)ccc3Cl)ccc2n1. The van der Waals surface area contributed by atoms with Gasteiger partial charge < -0.3 is 14.9 Å². The van der Waals surface area contributed by atoms with Crippen molar-refractivity contribution in [3.8, 4) is 0 Å². The van der Waals surface area contributed by atoms with Crippen molar-refractivity contribution in [3.05, 3.63) is 64.3 Å². The molecular formula is C21H23ClN2O3. The summed E-state index contributed by atoms with van der Waals surface area (Å²) in [6.45, 7) is -0.0842. The molecule has 0 spiro atoms. The Bertz CT molecular complexity index is 956. The van der Waals surface area contributed by atoms with E-state index in [1.165, 1.54) is 0 Å². The van der Waals surface area contributed by atoms with Crippen LogP contribution in [0.5, 0.6) is 0 Å². The fraction of sp³-hybridized carbons (Fsp3) is 0.381. The lowest BCUT2D eigenvalue weighted by molar-refractivity contribution is -0.113. The van der Waals surface area contributed by atoms with E-state index in [9.17, 15) is 10.2 Å². The summed E-state index contributed by atoms with van der Waals surface area (Å²) in [5.74, 6) is 0. The van der Waals surface area contributed by atoms with Gasteiger partial charge in [0.25, 0.3) is 0 Å². The smallest absolute Gasteiger partial charge is 0.0923 e. The minimum absolute atomic E-state index is 0.0842. The highest BCUT2D eigenvalue weighted by Gasteiger charge is 2.29. The molecule has 0 radical (unpaired) electrons. The van der Waals surface area contributed by atoms with E-state index in [2.05, 4.69) is 17.2 Å². The Morgan fingerprint density at radius 2 is 2.07 bits per heavy atom. The fourth-order valence-electron chi connectivity index (χ4n) is 3.78. The molecule has 3 unspecified atom stereocenters. The number of aromatic nitrogens is 2. The number of aliphatic hydroxyl groups excluding tert-OH is 2. The molecule has 3 atom stereocenters. The third-order valence-corrected chi connectivity index (χ3v) is 5.47. The van der Waals surface area contributed by atoms with E-state index < -0.39 is 6.10 Å². The number of ether oxygens (including phenoxy) is 1. The third kappa shape index (κ3) is 4.01. The molecule has 27 heavy (non-hydrogen) atoms. The molecule has 1 aliphatic heterocycles. The van der Waals surface area contributed by atoms with Crippen molar-refractivity contribution in [2.45, 2.75) is 37.6 Å². The number of aryl methyl sites for hydroxylation is 1. The van der Waals surface area contributed by atoms with Gasteiger partial charge in [-0.05, 0) is 41.3 Å². The number of hydrogen-bond acceptors (Lipinski definition) is 4. The molecule has 142 valence electrons. The molecule has 4 rings (SSSR count). The molecule has 6 heteroatoms. The molecule has 2 N–H and O–H groups in total. The number of aliphatic hydroxyl groups is 2. The van der Waals surface area contributed by atoms with Crippen molar-refractivity contribution >= 4 is 22.5 Å². The van der Waals surface area contributed by atoms with Crippen LogP contribution in [-0.2, 0) is 18.2 Å². The van der Waals surface area contributed by atoms with Gasteiger partial charge in [-0.25, -0.2) is 0 Å². The second-order valence-electron chi connectivity index (χ2n) is 7.28. The predicted molar refractivity (Wildman–Crippen MR) is 105 cm³/mol. The quantitative estimate of drug-likeness (QED) is 0.721. The van der Waals surface area contributed by atoms with Gasteiger partial charge in [0.2, 0.25) is 0 Å². The van der Waals surface area contributed by atoms with Crippen molar-refractivity contribution < 1.29 is 14.9 Å². The van der Waals surface area contributed by atoms with Gasteiger partial charge in [-0.3, -0.25) is 4.68 Å². The highest BCUT2D eigenvalue weighted by molar-refractivity contribution is 6.31. The van der Waals surface area contributed by atoms with Crippen LogP contribution >= 0.6 is 11.6 Å². The first-order valence-electron chi connectivity index (χ1n) is 9.17. The third-order valence-electron chi connectivity index (χ3n) is 5.10. The van der Waals surface area contributed by atoms with Crippen LogP contribution in [0.1, 0.15) is 35.6 Å². The first-order chi connectivity index (χ1) is 13.0. The van der Waals surface area contributed by atoms with Crippen LogP contribution in [0.4, 0.5) is 0 Å². The van der Waals surface area contributed by atoms with Crippen molar-refractivity contribution in [2.75, 3.05) is 6.61 Å². The number of rotatable bonds is 4. The summed E-state index contributed by atoms with van der Waals surface area (Å²) in [7, 11) is 1.91. The second-order valence-corrected chi connectivity index (χ2v) is 7.69. The summed E-state index contributed by atoms with van der Waals surface area (Å²) in [6, 6.07) is 12.1. The average molecular weight is 387 g/mol. The van der Waals surface area contributed by atoms with E-state index in [0.29, 0.717) is 24.3 Å². The Hall–Kier alpha value is -1.92. The number of hydrogen-bond donors (Lipinski definition) is 2. The van der Waals surface area contributed by atoms with E-state index >= 15 is 0 Å². The first kappa shape index (κ1) is 18.4. The highest BCUT2D eigenvalue weighted by Crippen LogP contribution is 2.33. The van der Waals surface area contributed by atoms with Gasteiger partial charge in [-0.15, -0.1) is 0 Å². The molecule has 2 heterocycles. The summed E-state index contributed by atoms with van der Waals surface area (Å²) in [4.78, 5) is 0. The minimum atomic E-state index is -0.465. The van der Waals surface area contributed by atoms with Crippen molar-refractivity contribution in [1.29, 1.82) is 0 Å². The summed E-state index contributed by atoms with van der Waals surface area (Å²) in [6.07, 6.45) is 2.68. The van der Waals surface area contributed by atoms with Crippen molar-refractivity contribution in [2.24, 2.45) is 7.05 Å². The topological polar surface area (TPSA) is 67.5 Å². The van der Waals surface area contributed by atoms with E-state index in [-0.39, 0.29) is 18.8 Å². The molecule has 0 bridgehead atoms. The molecule has 1 aliphatic rings. The molecule has 1 fully saturated rings.